The summed E-state index contributed by atoms with van der Waals surface area (Å²) in [5.41, 5.74) is 3.90. The highest BCUT2D eigenvalue weighted by molar-refractivity contribution is 5.83. The van der Waals surface area contributed by atoms with Crippen molar-refractivity contribution in [3.05, 3.63) is 48.2 Å². The Bertz CT molecular complexity index is 593. The molecule has 1 aromatic heterocycles. The van der Waals surface area contributed by atoms with Crippen LogP contribution in [-0.4, -0.2) is 36.1 Å². The number of nitrogens with one attached hydrogen (secondary N) is 2. The summed E-state index contributed by atoms with van der Waals surface area (Å²) in [6.07, 6.45) is 3.06. The number of benzene rings is 1. The zero-order valence-corrected chi connectivity index (χ0v) is 12.2. The van der Waals surface area contributed by atoms with Gasteiger partial charge < -0.3 is 10.3 Å². The molecule has 1 fully saturated rings. The number of rotatable bonds is 4. The lowest BCUT2D eigenvalue weighted by Crippen LogP contribution is -2.45. The highest BCUT2D eigenvalue weighted by atomic mass is 15.2. The molecule has 3 rings (SSSR count). The van der Waals surface area contributed by atoms with E-state index in [-0.39, 0.29) is 0 Å². The van der Waals surface area contributed by atoms with Gasteiger partial charge >= 0.3 is 0 Å². The van der Waals surface area contributed by atoms with Crippen LogP contribution in [-0.2, 0) is 0 Å². The van der Waals surface area contributed by atoms with Crippen LogP contribution in [0.2, 0.25) is 0 Å². The maximum absolute atomic E-state index is 4.13. The van der Waals surface area contributed by atoms with Crippen LogP contribution < -0.4 is 5.32 Å². The fourth-order valence-electron chi connectivity index (χ4n) is 3.16. The van der Waals surface area contributed by atoms with Crippen LogP contribution >= 0.6 is 0 Å². The summed E-state index contributed by atoms with van der Waals surface area (Å²) >= 11 is 0. The average Bonchev–Trinajstić information content (AvgIpc) is 2.94. The van der Waals surface area contributed by atoms with Crippen molar-refractivity contribution in [3.8, 4) is 0 Å². The lowest BCUT2D eigenvalue weighted by Gasteiger charge is -2.35. The van der Waals surface area contributed by atoms with Gasteiger partial charge in [-0.1, -0.05) is 17.7 Å². The largest absolute Gasteiger partial charge is 0.361 e. The Morgan fingerprint density at radius 3 is 2.85 bits per heavy atom. The Balaban J connectivity index is 1.99. The van der Waals surface area contributed by atoms with E-state index in [4.69, 9.17) is 0 Å². The second-order valence-electron chi connectivity index (χ2n) is 5.75. The quantitative estimate of drug-likeness (QED) is 0.836. The molecule has 0 spiro atoms. The smallest absolute Gasteiger partial charge is 0.0457 e. The lowest BCUT2D eigenvalue weighted by molar-refractivity contribution is 0.173. The van der Waals surface area contributed by atoms with E-state index in [1.807, 2.05) is 6.20 Å². The van der Waals surface area contributed by atoms with Gasteiger partial charge in [0.1, 0.15) is 0 Å². The van der Waals surface area contributed by atoms with Gasteiger partial charge in [-0.05, 0) is 31.0 Å². The molecule has 3 nitrogen and oxygen atoms in total. The third-order valence-electron chi connectivity index (χ3n) is 4.12. The Kier molecular flexibility index (Phi) is 3.90. The predicted octanol–water partition coefficient (Wildman–Crippen LogP) is 3.08. The van der Waals surface area contributed by atoms with Crippen LogP contribution in [0.15, 0.2) is 42.6 Å². The highest BCUT2D eigenvalue weighted by Crippen LogP contribution is 2.32. The van der Waals surface area contributed by atoms with E-state index in [2.05, 4.69) is 53.0 Å². The van der Waals surface area contributed by atoms with Crippen molar-refractivity contribution < 1.29 is 0 Å². The first-order chi connectivity index (χ1) is 9.75. The minimum atomic E-state index is 0.439. The molecule has 1 aliphatic rings. The van der Waals surface area contributed by atoms with Crippen molar-refractivity contribution in [2.45, 2.75) is 19.4 Å². The fraction of sp³-hybridized carbons (Fsp3) is 0.412. The number of fused-ring (bicyclic) bond motifs is 1. The van der Waals surface area contributed by atoms with Crippen molar-refractivity contribution in [2.75, 3.05) is 26.2 Å². The van der Waals surface area contributed by atoms with Gasteiger partial charge in [-0.15, -0.1) is 6.58 Å². The van der Waals surface area contributed by atoms with Crippen molar-refractivity contribution in [1.82, 2.24) is 15.2 Å². The SMILES string of the molecule is C=C(C)C[C@H](c1cccc2[nH]ccc12)N1CCNCC1. The van der Waals surface area contributed by atoms with Crippen molar-refractivity contribution in [1.29, 1.82) is 0 Å². The van der Waals surface area contributed by atoms with E-state index in [9.17, 15) is 0 Å². The van der Waals surface area contributed by atoms with Gasteiger partial charge in [0.2, 0.25) is 0 Å². The van der Waals surface area contributed by atoms with Gasteiger partial charge in [-0.3, -0.25) is 4.90 Å². The molecular weight excluding hydrogens is 246 g/mol. The number of H-pyrrole nitrogens is 1. The summed E-state index contributed by atoms with van der Waals surface area (Å²) in [7, 11) is 0. The number of aromatic amines is 1. The molecule has 106 valence electrons. The predicted molar refractivity (Wildman–Crippen MR) is 84.9 cm³/mol. The van der Waals surface area contributed by atoms with Crippen LogP contribution in [0, 0.1) is 0 Å². The van der Waals surface area contributed by atoms with E-state index in [1.165, 1.54) is 22.0 Å². The number of hydrogen-bond acceptors (Lipinski definition) is 2. The molecule has 2 aromatic rings. The summed E-state index contributed by atoms with van der Waals surface area (Å²) in [6, 6.07) is 9.20. The molecule has 3 heteroatoms. The Hall–Kier alpha value is -1.58. The number of aromatic nitrogens is 1. The Morgan fingerprint density at radius 1 is 1.30 bits per heavy atom. The summed E-state index contributed by atoms with van der Waals surface area (Å²) in [5.74, 6) is 0. The number of piperazine rings is 1. The minimum Gasteiger partial charge on any atom is -0.361 e. The fourth-order valence-corrected chi connectivity index (χ4v) is 3.16. The summed E-state index contributed by atoms with van der Waals surface area (Å²) in [5, 5.41) is 4.78. The molecule has 0 unspecified atom stereocenters. The van der Waals surface area contributed by atoms with E-state index >= 15 is 0 Å². The average molecular weight is 269 g/mol. The molecule has 1 aromatic carbocycles. The van der Waals surface area contributed by atoms with Crippen LogP contribution in [0.3, 0.4) is 0 Å². The zero-order chi connectivity index (χ0) is 13.9. The molecule has 2 heterocycles. The van der Waals surface area contributed by atoms with Crippen molar-refractivity contribution >= 4 is 10.9 Å². The Labute approximate surface area is 120 Å². The van der Waals surface area contributed by atoms with Gasteiger partial charge in [0.05, 0.1) is 0 Å². The molecule has 0 aliphatic carbocycles. The summed E-state index contributed by atoms with van der Waals surface area (Å²) in [6.45, 7) is 10.6. The maximum atomic E-state index is 4.13. The van der Waals surface area contributed by atoms with Crippen LogP contribution in [0.4, 0.5) is 0 Å². The zero-order valence-electron chi connectivity index (χ0n) is 12.2. The first-order valence-electron chi connectivity index (χ1n) is 7.41. The van der Waals surface area contributed by atoms with Crippen LogP contribution in [0.5, 0.6) is 0 Å². The molecule has 0 radical (unpaired) electrons. The van der Waals surface area contributed by atoms with E-state index < -0.39 is 0 Å². The number of hydrogen-bond donors (Lipinski definition) is 2. The van der Waals surface area contributed by atoms with Gasteiger partial charge in [0.25, 0.3) is 0 Å². The molecule has 0 amide bonds. The van der Waals surface area contributed by atoms with E-state index in [1.54, 1.807) is 0 Å². The molecule has 1 saturated heterocycles. The second-order valence-corrected chi connectivity index (χ2v) is 5.75. The monoisotopic (exact) mass is 269 g/mol. The second kappa shape index (κ2) is 5.81. The Morgan fingerprint density at radius 2 is 2.10 bits per heavy atom. The molecular formula is C17H23N3. The molecule has 1 atom stereocenters. The lowest BCUT2D eigenvalue weighted by atomic mass is 9.95. The third kappa shape index (κ3) is 2.65. The first kappa shape index (κ1) is 13.4. The van der Waals surface area contributed by atoms with Gasteiger partial charge in [-0.2, -0.15) is 0 Å². The van der Waals surface area contributed by atoms with Crippen LogP contribution in [0.25, 0.3) is 10.9 Å². The van der Waals surface area contributed by atoms with E-state index in [0.29, 0.717) is 6.04 Å². The topological polar surface area (TPSA) is 31.1 Å². The van der Waals surface area contributed by atoms with Crippen molar-refractivity contribution in [2.24, 2.45) is 0 Å². The highest BCUT2D eigenvalue weighted by Gasteiger charge is 2.23. The van der Waals surface area contributed by atoms with E-state index in [0.717, 1.165) is 32.6 Å². The minimum absolute atomic E-state index is 0.439. The van der Waals surface area contributed by atoms with Gasteiger partial charge in [0, 0.05) is 49.3 Å². The molecule has 2 N–H and O–H groups in total. The molecule has 1 aliphatic heterocycles. The molecule has 0 saturated carbocycles. The standard InChI is InChI=1S/C17H23N3/c1-13(2)12-17(20-10-8-18-9-11-20)15-4-3-5-16-14(15)6-7-19-16/h3-7,17-19H,1,8-12H2,2H3/t17-/m1/s1. The molecule has 0 bridgehead atoms. The van der Waals surface area contributed by atoms with Crippen molar-refractivity contribution in [3.63, 3.8) is 0 Å². The van der Waals surface area contributed by atoms with Crippen LogP contribution in [0.1, 0.15) is 24.9 Å². The van der Waals surface area contributed by atoms with Gasteiger partial charge in [0.15, 0.2) is 0 Å². The third-order valence-corrected chi connectivity index (χ3v) is 4.12. The normalized spacial score (nSPS) is 18.2. The molecule has 20 heavy (non-hydrogen) atoms. The van der Waals surface area contributed by atoms with Gasteiger partial charge in [-0.25, -0.2) is 0 Å². The first-order valence-corrected chi connectivity index (χ1v) is 7.41. The summed E-state index contributed by atoms with van der Waals surface area (Å²) in [4.78, 5) is 5.91. The number of nitrogens with zero attached hydrogens (tertiary/aromatic N) is 1. The summed E-state index contributed by atoms with van der Waals surface area (Å²) < 4.78 is 0. The maximum Gasteiger partial charge on any atom is 0.0457 e.